The molecule has 1 aromatic rings. The topological polar surface area (TPSA) is 58.1 Å². The summed E-state index contributed by atoms with van der Waals surface area (Å²) in [5.41, 5.74) is 0. The standard InChI is InChI=1S/C5H8N2O2/c8-1-2-9-5-3-6-7-4-5/h3-4,8H,1-2H2,(H,6,7). The Bertz CT molecular complexity index is 150. The second-order valence-electron chi connectivity index (χ2n) is 1.51. The summed E-state index contributed by atoms with van der Waals surface area (Å²) in [5, 5.41) is 14.5. The van der Waals surface area contributed by atoms with E-state index in [0.717, 1.165) is 0 Å². The van der Waals surface area contributed by atoms with E-state index in [1.54, 1.807) is 12.4 Å². The Hall–Kier alpha value is -1.03. The summed E-state index contributed by atoms with van der Waals surface area (Å²) < 4.78 is 4.95. The van der Waals surface area contributed by atoms with Gasteiger partial charge in [0, 0.05) is 0 Å². The highest BCUT2D eigenvalue weighted by molar-refractivity contribution is 5.09. The maximum atomic E-state index is 8.31. The van der Waals surface area contributed by atoms with Gasteiger partial charge >= 0.3 is 0 Å². The van der Waals surface area contributed by atoms with Crippen LogP contribution in [0.5, 0.6) is 5.75 Å². The highest BCUT2D eigenvalue weighted by atomic mass is 16.5. The molecule has 0 aliphatic heterocycles. The number of nitrogens with one attached hydrogen (secondary N) is 1. The molecule has 1 heterocycles. The molecule has 0 radical (unpaired) electrons. The Kier molecular flexibility index (Phi) is 2.09. The molecule has 0 unspecified atom stereocenters. The Morgan fingerprint density at radius 1 is 1.78 bits per heavy atom. The van der Waals surface area contributed by atoms with E-state index in [9.17, 15) is 0 Å². The van der Waals surface area contributed by atoms with Crippen molar-refractivity contribution in [2.45, 2.75) is 0 Å². The van der Waals surface area contributed by atoms with Gasteiger partial charge < -0.3 is 9.84 Å². The van der Waals surface area contributed by atoms with Crippen molar-refractivity contribution < 1.29 is 9.84 Å². The van der Waals surface area contributed by atoms with E-state index in [0.29, 0.717) is 12.4 Å². The zero-order valence-corrected chi connectivity index (χ0v) is 4.87. The van der Waals surface area contributed by atoms with Crippen molar-refractivity contribution in [3.8, 4) is 5.75 Å². The predicted molar refractivity (Wildman–Crippen MR) is 31.2 cm³/mol. The molecule has 0 atom stereocenters. The van der Waals surface area contributed by atoms with E-state index in [1.807, 2.05) is 0 Å². The molecule has 0 aliphatic carbocycles. The summed E-state index contributed by atoms with van der Waals surface area (Å²) in [5.74, 6) is 0.657. The lowest BCUT2D eigenvalue weighted by Gasteiger charge is -1.96. The molecule has 4 heteroatoms. The van der Waals surface area contributed by atoms with Gasteiger partial charge in [-0.2, -0.15) is 5.10 Å². The Morgan fingerprint density at radius 2 is 2.67 bits per heavy atom. The average molecular weight is 128 g/mol. The van der Waals surface area contributed by atoms with E-state index in [1.165, 1.54) is 0 Å². The van der Waals surface area contributed by atoms with Gasteiger partial charge in [-0.3, -0.25) is 5.10 Å². The van der Waals surface area contributed by atoms with Gasteiger partial charge in [0.15, 0.2) is 5.75 Å². The van der Waals surface area contributed by atoms with Gasteiger partial charge in [-0.25, -0.2) is 0 Å². The number of ether oxygens (including phenoxy) is 1. The molecular formula is C5H8N2O2. The zero-order valence-electron chi connectivity index (χ0n) is 4.87. The fourth-order valence-electron chi connectivity index (χ4n) is 0.481. The van der Waals surface area contributed by atoms with Crippen LogP contribution in [0.15, 0.2) is 12.4 Å². The van der Waals surface area contributed by atoms with Crippen molar-refractivity contribution in [1.29, 1.82) is 0 Å². The maximum Gasteiger partial charge on any atom is 0.157 e. The van der Waals surface area contributed by atoms with Crippen LogP contribution in [0.2, 0.25) is 0 Å². The lowest BCUT2D eigenvalue weighted by Crippen LogP contribution is -2.00. The van der Waals surface area contributed by atoms with Crippen molar-refractivity contribution >= 4 is 0 Å². The monoisotopic (exact) mass is 128 g/mol. The molecule has 2 N–H and O–H groups in total. The number of hydrogen-bond donors (Lipinski definition) is 2. The van der Waals surface area contributed by atoms with Crippen LogP contribution in [-0.2, 0) is 0 Å². The summed E-state index contributed by atoms with van der Waals surface area (Å²) in [4.78, 5) is 0. The third-order valence-corrected chi connectivity index (χ3v) is 0.833. The lowest BCUT2D eigenvalue weighted by molar-refractivity contribution is 0.201. The third kappa shape index (κ3) is 1.73. The molecule has 0 spiro atoms. The van der Waals surface area contributed by atoms with Gasteiger partial charge in [-0.05, 0) is 0 Å². The molecule has 0 aromatic carbocycles. The first-order valence-electron chi connectivity index (χ1n) is 2.66. The van der Waals surface area contributed by atoms with Crippen molar-refractivity contribution in [2.24, 2.45) is 0 Å². The Morgan fingerprint density at radius 3 is 3.22 bits per heavy atom. The smallest absolute Gasteiger partial charge is 0.157 e. The van der Waals surface area contributed by atoms with Crippen molar-refractivity contribution in [3.05, 3.63) is 12.4 Å². The zero-order chi connectivity index (χ0) is 6.53. The molecule has 50 valence electrons. The van der Waals surface area contributed by atoms with Crippen LogP contribution >= 0.6 is 0 Å². The van der Waals surface area contributed by atoms with Gasteiger partial charge in [0.05, 0.1) is 19.0 Å². The second-order valence-corrected chi connectivity index (χ2v) is 1.51. The first-order chi connectivity index (χ1) is 4.43. The third-order valence-electron chi connectivity index (χ3n) is 0.833. The largest absolute Gasteiger partial charge is 0.488 e. The van der Waals surface area contributed by atoms with Gasteiger partial charge in [0.25, 0.3) is 0 Å². The minimum Gasteiger partial charge on any atom is -0.488 e. The minimum absolute atomic E-state index is 0.0329. The van der Waals surface area contributed by atoms with E-state index < -0.39 is 0 Å². The average Bonchev–Trinajstić information content (AvgIpc) is 2.34. The fraction of sp³-hybridized carbons (Fsp3) is 0.400. The number of aliphatic hydroxyl groups excluding tert-OH is 1. The number of aromatic nitrogens is 2. The maximum absolute atomic E-state index is 8.31. The first-order valence-corrected chi connectivity index (χ1v) is 2.66. The molecule has 0 aliphatic rings. The van der Waals surface area contributed by atoms with Crippen molar-refractivity contribution in [2.75, 3.05) is 13.2 Å². The van der Waals surface area contributed by atoms with Crippen LogP contribution in [0, 0.1) is 0 Å². The number of H-pyrrole nitrogens is 1. The molecule has 1 rings (SSSR count). The summed E-state index contributed by atoms with van der Waals surface area (Å²) in [6.07, 6.45) is 3.17. The predicted octanol–water partition coefficient (Wildman–Crippen LogP) is -0.219. The van der Waals surface area contributed by atoms with E-state index in [-0.39, 0.29) is 6.61 Å². The Labute approximate surface area is 52.5 Å². The van der Waals surface area contributed by atoms with Crippen molar-refractivity contribution in [1.82, 2.24) is 10.2 Å². The van der Waals surface area contributed by atoms with Crippen LogP contribution in [0.25, 0.3) is 0 Å². The number of hydrogen-bond acceptors (Lipinski definition) is 3. The van der Waals surface area contributed by atoms with E-state index >= 15 is 0 Å². The normalized spacial score (nSPS) is 9.44. The quantitative estimate of drug-likeness (QED) is 0.591. The highest BCUT2D eigenvalue weighted by Crippen LogP contribution is 2.02. The second kappa shape index (κ2) is 3.09. The van der Waals surface area contributed by atoms with Crippen LogP contribution in [-0.4, -0.2) is 28.5 Å². The number of rotatable bonds is 3. The van der Waals surface area contributed by atoms with Gasteiger partial charge in [-0.1, -0.05) is 0 Å². The SMILES string of the molecule is OCCOc1cn[nH]c1. The molecule has 4 nitrogen and oxygen atoms in total. The van der Waals surface area contributed by atoms with E-state index in [4.69, 9.17) is 9.84 Å². The first kappa shape index (κ1) is 6.10. The number of aliphatic hydroxyl groups is 1. The Balaban J connectivity index is 2.30. The molecule has 0 bridgehead atoms. The lowest BCUT2D eigenvalue weighted by atomic mass is 10.6. The highest BCUT2D eigenvalue weighted by Gasteiger charge is 1.89. The molecule has 0 fully saturated rings. The summed E-state index contributed by atoms with van der Waals surface area (Å²) in [6.45, 7) is 0.352. The molecule has 0 amide bonds. The molecule has 0 saturated heterocycles. The van der Waals surface area contributed by atoms with Crippen LogP contribution in [0.3, 0.4) is 0 Å². The molecule has 9 heavy (non-hydrogen) atoms. The summed E-state index contributed by atoms with van der Waals surface area (Å²) >= 11 is 0. The van der Waals surface area contributed by atoms with Gasteiger partial charge in [0.2, 0.25) is 0 Å². The molecule has 1 aromatic heterocycles. The van der Waals surface area contributed by atoms with Gasteiger partial charge in [-0.15, -0.1) is 0 Å². The van der Waals surface area contributed by atoms with Crippen LogP contribution in [0.1, 0.15) is 0 Å². The van der Waals surface area contributed by atoms with E-state index in [2.05, 4.69) is 10.2 Å². The summed E-state index contributed by atoms with van der Waals surface area (Å²) in [6, 6.07) is 0. The van der Waals surface area contributed by atoms with Crippen molar-refractivity contribution in [3.63, 3.8) is 0 Å². The fourth-order valence-corrected chi connectivity index (χ4v) is 0.481. The van der Waals surface area contributed by atoms with Crippen LogP contribution in [0.4, 0.5) is 0 Å². The number of nitrogens with zero attached hydrogens (tertiary/aromatic N) is 1. The summed E-state index contributed by atoms with van der Waals surface area (Å²) in [7, 11) is 0. The van der Waals surface area contributed by atoms with Gasteiger partial charge in [0.1, 0.15) is 6.61 Å². The molecule has 0 saturated carbocycles. The van der Waals surface area contributed by atoms with Crippen LogP contribution < -0.4 is 4.74 Å². The number of aromatic amines is 1. The molecular weight excluding hydrogens is 120 g/mol. The minimum atomic E-state index is 0.0329.